The number of hydrogen-bond donors (Lipinski definition) is 1. The van der Waals surface area contributed by atoms with Gasteiger partial charge in [0.15, 0.2) is 0 Å². The molecule has 0 bridgehead atoms. The van der Waals surface area contributed by atoms with Gasteiger partial charge >= 0.3 is 0 Å². The minimum Gasteiger partial charge on any atom is -0.497 e. The molecule has 4 rings (SSSR count). The van der Waals surface area contributed by atoms with Crippen molar-refractivity contribution in [2.24, 2.45) is 5.92 Å². The topological polar surface area (TPSA) is 80.5 Å². The second kappa shape index (κ2) is 10.9. The molecule has 7 nitrogen and oxygen atoms in total. The zero-order valence-electron chi connectivity index (χ0n) is 18.5. The number of likely N-dealkylation sites (tertiary alicyclic amines) is 1. The summed E-state index contributed by atoms with van der Waals surface area (Å²) >= 11 is 0. The van der Waals surface area contributed by atoms with Gasteiger partial charge in [0.2, 0.25) is 17.6 Å². The summed E-state index contributed by atoms with van der Waals surface area (Å²) in [7, 11) is 1.64. The quantitative estimate of drug-likeness (QED) is 0.547. The first-order valence-corrected chi connectivity index (χ1v) is 11.2. The summed E-state index contributed by atoms with van der Waals surface area (Å²) in [6.07, 6.45) is 3.70. The van der Waals surface area contributed by atoms with Gasteiger partial charge in [-0.1, -0.05) is 47.6 Å². The molecule has 168 valence electrons. The van der Waals surface area contributed by atoms with E-state index in [0.29, 0.717) is 37.1 Å². The van der Waals surface area contributed by atoms with Crippen molar-refractivity contribution in [3.05, 3.63) is 66.1 Å². The Morgan fingerprint density at radius 3 is 2.94 bits per heavy atom. The van der Waals surface area contributed by atoms with Gasteiger partial charge in [-0.2, -0.15) is 4.98 Å². The standard InChI is InChI=1S/C25H30N4O3/c1-31-22-11-5-7-20(15-22)16-26-23(30)13-12-19-8-6-14-29(17-19)18-24-27-25(28-32-24)21-9-3-2-4-10-21/h2-5,7,9-11,15,19H,6,8,12-14,16-18H2,1H3,(H,26,30)/t19-/m1/s1. The number of methoxy groups -OCH3 is 1. The van der Waals surface area contributed by atoms with E-state index in [2.05, 4.69) is 20.4 Å². The normalized spacial score (nSPS) is 16.6. The molecule has 1 aliphatic rings. The lowest BCUT2D eigenvalue weighted by Crippen LogP contribution is -2.35. The zero-order valence-corrected chi connectivity index (χ0v) is 18.5. The molecule has 1 atom stereocenters. The van der Waals surface area contributed by atoms with E-state index in [4.69, 9.17) is 9.26 Å². The number of amides is 1. The Hall–Kier alpha value is -3.19. The Balaban J connectivity index is 1.21. The van der Waals surface area contributed by atoms with Crippen molar-refractivity contribution in [2.75, 3.05) is 20.2 Å². The van der Waals surface area contributed by atoms with Gasteiger partial charge in [-0.25, -0.2) is 0 Å². The fourth-order valence-corrected chi connectivity index (χ4v) is 4.15. The summed E-state index contributed by atoms with van der Waals surface area (Å²) in [5, 5.41) is 7.13. The highest BCUT2D eigenvalue weighted by Crippen LogP contribution is 2.23. The molecule has 1 N–H and O–H groups in total. The fourth-order valence-electron chi connectivity index (χ4n) is 4.15. The van der Waals surface area contributed by atoms with E-state index in [9.17, 15) is 4.79 Å². The maximum atomic E-state index is 12.3. The SMILES string of the molecule is COc1cccc(CNC(=O)CC[C@H]2CCCN(Cc3nc(-c4ccccc4)no3)C2)c1. The van der Waals surface area contributed by atoms with Gasteiger partial charge in [-0.05, 0) is 49.4 Å². The molecule has 1 fully saturated rings. The summed E-state index contributed by atoms with van der Waals surface area (Å²) < 4.78 is 10.7. The van der Waals surface area contributed by atoms with E-state index in [1.807, 2.05) is 54.6 Å². The average molecular weight is 435 g/mol. The van der Waals surface area contributed by atoms with Crippen molar-refractivity contribution in [3.63, 3.8) is 0 Å². The van der Waals surface area contributed by atoms with E-state index in [0.717, 1.165) is 49.2 Å². The maximum Gasteiger partial charge on any atom is 0.241 e. The Labute approximate surface area is 188 Å². The van der Waals surface area contributed by atoms with E-state index in [1.54, 1.807) is 7.11 Å². The Bertz CT molecular complexity index is 1010. The first-order chi connectivity index (χ1) is 15.7. The smallest absolute Gasteiger partial charge is 0.241 e. The average Bonchev–Trinajstić information content (AvgIpc) is 3.31. The molecule has 0 aliphatic carbocycles. The summed E-state index contributed by atoms with van der Waals surface area (Å²) in [6, 6.07) is 17.6. The predicted octanol–water partition coefficient (Wildman–Crippen LogP) is 4.05. The van der Waals surface area contributed by atoms with Crippen LogP contribution in [-0.2, 0) is 17.9 Å². The molecule has 1 amide bonds. The van der Waals surface area contributed by atoms with Gasteiger partial charge < -0.3 is 14.6 Å². The third kappa shape index (κ3) is 6.17. The van der Waals surface area contributed by atoms with Crippen LogP contribution < -0.4 is 10.1 Å². The maximum absolute atomic E-state index is 12.3. The number of ether oxygens (including phenoxy) is 1. The Morgan fingerprint density at radius 1 is 1.22 bits per heavy atom. The summed E-state index contributed by atoms with van der Waals surface area (Å²) in [4.78, 5) is 19.2. The van der Waals surface area contributed by atoms with Crippen LogP contribution in [0.15, 0.2) is 59.1 Å². The number of carbonyl (C=O) groups is 1. The monoisotopic (exact) mass is 434 g/mol. The van der Waals surface area contributed by atoms with E-state index in [-0.39, 0.29) is 5.91 Å². The first kappa shape index (κ1) is 22.0. The number of nitrogens with zero attached hydrogens (tertiary/aromatic N) is 3. The number of nitrogens with one attached hydrogen (secondary N) is 1. The number of benzene rings is 2. The molecule has 0 saturated carbocycles. The molecule has 0 unspecified atom stereocenters. The number of piperidine rings is 1. The lowest BCUT2D eigenvalue weighted by Gasteiger charge is -2.31. The predicted molar refractivity (Wildman–Crippen MR) is 122 cm³/mol. The van der Waals surface area contributed by atoms with Gasteiger partial charge in [0, 0.05) is 25.1 Å². The highest BCUT2D eigenvalue weighted by molar-refractivity contribution is 5.75. The molecule has 32 heavy (non-hydrogen) atoms. The van der Waals surface area contributed by atoms with Gasteiger partial charge in [-0.15, -0.1) is 0 Å². The molecule has 1 aliphatic heterocycles. The summed E-state index contributed by atoms with van der Waals surface area (Å²) in [6.45, 7) is 3.14. The minimum absolute atomic E-state index is 0.0920. The van der Waals surface area contributed by atoms with E-state index < -0.39 is 0 Å². The zero-order chi connectivity index (χ0) is 22.2. The van der Waals surface area contributed by atoms with Crippen LogP contribution in [0.5, 0.6) is 5.75 Å². The number of hydrogen-bond acceptors (Lipinski definition) is 6. The van der Waals surface area contributed by atoms with Crippen LogP contribution in [0.4, 0.5) is 0 Å². The molecule has 0 radical (unpaired) electrons. The van der Waals surface area contributed by atoms with Gasteiger partial charge in [0.1, 0.15) is 5.75 Å². The number of rotatable bonds is 9. The van der Waals surface area contributed by atoms with Crippen molar-refractivity contribution in [3.8, 4) is 17.1 Å². The van der Waals surface area contributed by atoms with Crippen LogP contribution in [0.25, 0.3) is 11.4 Å². The van der Waals surface area contributed by atoms with E-state index in [1.165, 1.54) is 0 Å². The third-order valence-electron chi connectivity index (χ3n) is 5.87. The highest BCUT2D eigenvalue weighted by atomic mass is 16.5. The number of aromatic nitrogens is 2. The van der Waals surface area contributed by atoms with Crippen LogP contribution in [-0.4, -0.2) is 41.1 Å². The molecule has 7 heteroatoms. The number of carbonyl (C=O) groups excluding carboxylic acids is 1. The van der Waals surface area contributed by atoms with Crippen molar-refractivity contribution in [1.82, 2.24) is 20.4 Å². The first-order valence-electron chi connectivity index (χ1n) is 11.2. The third-order valence-corrected chi connectivity index (χ3v) is 5.87. The summed E-state index contributed by atoms with van der Waals surface area (Å²) in [5.41, 5.74) is 2.00. The van der Waals surface area contributed by atoms with Gasteiger partial charge in [-0.3, -0.25) is 9.69 Å². The second-order valence-corrected chi connectivity index (χ2v) is 8.29. The molecule has 1 saturated heterocycles. The van der Waals surface area contributed by atoms with Crippen LogP contribution in [0.3, 0.4) is 0 Å². The largest absolute Gasteiger partial charge is 0.497 e. The molecule has 2 heterocycles. The van der Waals surface area contributed by atoms with E-state index >= 15 is 0 Å². The highest BCUT2D eigenvalue weighted by Gasteiger charge is 2.22. The van der Waals surface area contributed by atoms with Crippen LogP contribution in [0.1, 0.15) is 37.1 Å². The van der Waals surface area contributed by atoms with Crippen LogP contribution in [0.2, 0.25) is 0 Å². The Morgan fingerprint density at radius 2 is 2.09 bits per heavy atom. The van der Waals surface area contributed by atoms with Crippen molar-refractivity contribution in [2.45, 2.75) is 38.8 Å². The van der Waals surface area contributed by atoms with Crippen molar-refractivity contribution < 1.29 is 14.1 Å². The molecule has 2 aromatic carbocycles. The molecule has 3 aromatic rings. The Kier molecular flexibility index (Phi) is 7.51. The minimum atomic E-state index is 0.0920. The fraction of sp³-hybridized carbons (Fsp3) is 0.400. The van der Waals surface area contributed by atoms with Crippen molar-refractivity contribution in [1.29, 1.82) is 0 Å². The molecule has 0 spiro atoms. The molecule has 1 aromatic heterocycles. The van der Waals surface area contributed by atoms with Gasteiger partial charge in [0.05, 0.1) is 13.7 Å². The van der Waals surface area contributed by atoms with Gasteiger partial charge in [0.25, 0.3) is 0 Å². The lowest BCUT2D eigenvalue weighted by atomic mass is 9.93. The second-order valence-electron chi connectivity index (χ2n) is 8.29. The summed E-state index contributed by atoms with van der Waals surface area (Å²) in [5.74, 6) is 2.66. The van der Waals surface area contributed by atoms with Crippen molar-refractivity contribution >= 4 is 5.91 Å². The van der Waals surface area contributed by atoms with Crippen LogP contribution >= 0.6 is 0 Å². The van der Waals surface area contributed by atoms with Crippen LogP contribution in [0, 0.1) is 5.92 Å². The molecular formula is C25H30N4O3. The lowest BCUT2D eigenvalue weighted by molar-refractivity contribution is -0.121. The molecular weight excluding hydrogens is 404 g/mol.